The van der Waals surface area contributed by atoms with Gasteiger partial charge < -0.3 is 34.6 Å². The van der Waals surface area contributed by atoms with Gasteiger partial charge in [-0.3, -0.25) is 9.11 Å². The molecule has 0 amide bonds. The summed E-state index contributed by atoms with van der Waals surface area (Å²) in [4.78, 5) is 11.0. The first kappa shape index (κ1) is 27.6. The largest absolute Gasteiger partial charge is 0.475 e. The number of nitrogens with one attached hydrogen (secondary N) is 1. The van der Waals surface area contributed by atoms with Crippen LogP contribution >= 0.6 is 0 Å². The normalized spacial score (nSPS) is 23.9. The minimum absolute atomic E-state index is 0.333. The van der Waals surface area contributed by atoms with Gasteiger partial charge in [0.15, 0.2) is 6.29 Å². The van der Waals surface area contributed by atoms with Crippen LogP contribution in [-0.4, -0.2) is 102 Å². The summed E-state index contributed by atoms with van der Waals surface area (Å²) in [7, 11) is -9.74. The predicted octanol–water partition coefficient (Wildman–Crippen LogP) is -3.26. The van der Waals surface area contributed by atoms with Gasteiger partial charge in [0.2, 0.25) is 12.0 Å². The highest BCUT2D eigenvalue weighted by Crippen LogP contribution is 2.22. The highest BCUT2D eigenvalue weighted by atomic mass is 32.3. The molecule has 0 radical (unpaired) electrons. The second-order valence-electron chi connectivity index (χ2n) is 6.20. The minimum Gasteiger partial charge on any atom is -0.475 e. The fourth-order valence-electron chi connectivity index (χ4n) is 2.29. The summed E-state index contributed by atoms with van der Waals surface area (Å²) in [6.45, 7) is -0.938. The smallest absolute Gasteiger partial charge is 0.397 e. The van der Waals surface area contributed by atoms with Gasteiger partial charge in [-0.2, -0.15) is 21.6 Å². The molecule has 31 heavy (non-hydrogen) atoms. The zero-order valence-electron chi connectivity index (χ0n) is 15.8. The number of ether oxygens (including phenoxy) is 3. The molecular weight excluding hydrogens is 474 g/mol. The quantitative estimate of drug-likeness (QED) is 0.0973. The lowest BCUT2D eigenvalue weighted by molar-refractivity contribution is -0.239. The monoisotopic (exact) mass is 497 g/mol. The molecule has 0 bridgehead atoms. The van der Waals surface area contributed by atoms with Crippen molar-refractivity contribution in [3.63, 3.8) is 0 Å². The van der Waals surface area contributed by atoms with Gasteiger partial charge in [0, 0.05) is 6.42 Å². The molecule has 16 nitrogen and oxygen atoms in total. The van der Waals surface area contributed by atoms with E-state index in [0.717, 1.165) is 13.0 Å². The highest BCUT2D eigenvalue weighted by molar-refractivity contribution is 7.83. The number of aliphatic hydroxyl groups excluding tert-OH is 3. The fourth-order valence-corrected chi connectivity index (χ4v) is 3.19. The van der Waals surface area contributed by atoms with E-state index in [0.29, 0.717) is 0 Å². The maximum atomic E-state index is 11.0. The Morgan fingerprint density at radius 1 is 1.29 bits per heavy atom. The van der Waals surface area contributed by atoms with E-state index in [9.17, 15) is 36.9 Å². The molecule has 182 valence electrons. The van der Waals surface area contributed by atoms with Crippen molar-refractivity contribution in [1.82, 2.24) is 4.72 Å². The predicted molar refractivity (Wildman–Crippen MR) is 95.7 cm³/mol. The Morgan fingerprint density at radius 2 is 1.90 bits per heavy atom. The van der Waals surface area contributed by atoms with E-state index in [1.165, 1.54) is 0 Å². The summed E-state index contributed by atoms with van der Waals surface area (Å²) in [5, 5.41) is 38.2. The Balaban J connectivity index is 2.98. The topological polar surface area (TPSA) is 256 Å². The average Bonchev–Trinajstić information content (AvgIpc) is 2.60. The Labute approximate surface area is 176 Å². The maximum absolute atomic E-state index is 11.0. The second kappa shape index (κ2) is 11.4. The number of carboxylic acid groups (broad SMARTS) is 1. The molecule has 0 aromatic carbocycles. The Kier molecular flexibility index (Phi) is 10.2. The number of carboxylic acids is 1. The van der Waals surface area contributed by atoms with Gasteiger partial charge in [-0.15, -0.1) is 0 Å². The summed E-state index contributed by atoms with van der Waals surface area (Å²) in [5.41, 5.74) is 0. The molecule has 7 N–H and O–H groups in total. The van der Waals surface area contributed by atoms with Crippen LogP contribution < -0.4 is 4.72 Å². The van der Waals surface area contributed by atoms with Crippen molar-refractivity contribution in [2.24, 2.45) is 0 Å². The van der Waals surface area contributed by atoms with Crippen LogP contribution in [0.3, 0.4) is 0 Å². The molecule has 1 heterocycles. The van der Waals surface area contributed by atoms with Crippen molar-refractivity contribution < 1.29 is 69.6 Å². The summed E-state index contributed by atoms with van der Waals surface area (Å²) >= 11 is 0. The molecule has 0 spiro atoms. The zero-order valence-corrected chi connectivity index (χ0v) is 17.5. The lowest BCUT2D eigenvalue weighted by atomic mass is 10.1. The summed E-state index contributed by atoms with van der Waals surface area (Å²) in [6.07, 6.45) is -7.62. The van der Waals surface area contributed by atoms with E-state index in [1.807, 2.05) is 0 Å². The van der Waals surface area contributed by atoms with Crippen molar-refractivity contribution in [2.75, 3.05) is 13.2 Å². The molecule has 2 unspecified atom stereocenters. The molecule has 6 atom stereocenters. The van der Waals surface area contributed by atoms with Gasteiger partial charge in [-0.25, -0.2) is 8.98 Å². The van der Waals surface area contributed by atoms with Crippen LogP contribution in [0, 0.1) is 0 Å². The number of aliphatic hydroxyl groups is 3. The van der Waals surface area contributed by atoms with Crippen LogP contribution in [0.1, 0.15) is 13.3 Å². The maximum Gasteiger partial charge on any atom is 0.397 e. The summed E-state index contributed by atoms with van der Waals surface area (Å²) in [5.74, 6) is -2.24. The summed E-state index contributed by atoms with van der Waals surface area (Å²) < 4.78 is 82.0. The van der Waals surface area contributed by atoms with Gasteiger partial charge in [0.25, 0.3) is 0 Å². The third-order valence-corrected chi connectivity index (χ3v) is 4.73. The van der Waals surface area contributed by atoms with Crippen LogP contribution in [-0.2, 0) is 43.9 Å². The van der Waals surface area contributed by atoms with Gasteiger partial charge in [0.1, 0.15) is 12.2 Å². The SMILES string of the molecule is C[C@H](NS(=O)(=O)O)C(O)OC(CO)[C@H](COS(=O)(=O)O)O[C@H]1C[C@@H](O)C=C(C(=O)O)O1. The molecule has 1 aliphatic rings. The number of carbonyl (C=O) groups is 1. The van der Waals surface area contributed by atoms with Gasteiger partial charge >= 0.3 is 26.7 Å². The molecular formula is C13H23NO15S2. The van der Waals surface area contributed by atoms with Crippen LogP contribution in [0.15, 0.2) is 11.8 Å². The van der Waals surface area contributed by atoms with Crippen molar-refractivity contribution in [3.8, 4) is 0 Å². The second-order valence-corrected chi connectivity index (χ2v) is 8.48. The lowest BCUT2D eigenvalue weighted by Crippen LogP contribution is -2.49. The molecule has 0 aliphatic carbocycles. The van der Waals surface area contributed by atoms with Crippen LogP contribution in [0.2, 0.25) is 0 Å². The number of aliphatic carboxylic acids is 1. The Bertz CT molecular complexity index is 841. The number of rotatable bonds is 13. The highest BCUT2D eigenvalue weighted by Gasteiger charge is 2.35. The Morgan fingerprint density at radius 3 is 2.39 bits per heavy atom. The molecule has 18 heteroatoms. The number of hydrogen-bond donors (Lipinski definition) is 7. The average molecular weight is 497 g/mol. The summed E-state index contributed by atoms with van der Waals surface area (Å²) in [6, 6.07) is -1.46. The van der Waals surface area contributed by atoms with Crippen molar-refractivity contribution in [3.05, 3.63) is 11.8 Å². The molecule has 0 aromatic rings. The fraction of sp³-hybridized carbons (Fsp3) is 0.769. The lowest BCUT2D eigenvalue weighted by Gasteiger charge is -2.33. The van der Waals surface area contributed by atoms with Gasteiger partial charge in [-0.05, 0) is 13.0 Å². The molecule has 0 aromatic heterocycles. The zero-order chi connectivity index (χ0) is 24.0. The molecule has 0 saturated carbocycles. The third-order valence-electron chi connectivity index (χ3n) is 3.63. The first-order chi connectivity index (χ1) is 14.1. The van der Waals surface area contributed by atoms with Crippen LogP contribution in [0.5, 0.6) is 0 Å². The van der Waals surface area contributed by atoms with Crippen molar-refractivity contribution >= 4 is 26.7 Å². The van der Waals surface area contributed by atoms with E-state index in [-0.39, 0.29) is 6.42 Å². The third kappa shape index (κ3) is 10.6. The van der Waals surface area contributed by atoms with Crippen LogP contribution in [0.25, 0.3) is 0 Å². The van der Waals surface area contributed by atoms with Crippen molar-refractivity contribution in [2.45, 2.75) is 50.3 Å². The number of hydrogen-bond acceptors (Lipinski definition) is 12. The molecule has 0 saturated heterocycles. The van der Waals surface area contributed by atoms with E-state index in [2.05, 4.69) is 4.18 Å². The minimum atomic E-state index is -5.01. The van der Waals surface area contributed by atoms with Crippen molar-refractivity contribution in [1.29, 1.82) is 0 Å². The van der Waals surface area contributed by atoms with E-state index >= 15 is 0 Å². The van der Waals surface area contributed by atoms with Gasteiger partial charge in [0.05, 0.1) is 25.4 Å². The Hall–Kier alpha value is -1.45. The van der Waals surface area contributed by atoms with E-state index in [1.54, 1.807) is 4.72 Å². The van der Waals surface area contributed by atoms with E-state index < -0.39 is 82.6 Å². The molecule has 1 rings (SSSR count). The van der Waals surface area contributed by atoms with E-state index in [4.69, 9.17) is 28.4 Å². The molecule has 1 aliphatic heterocycles. The molecule has 0 fully saturated rings. The standard InChI is InChI=1S/C13H23NO15S2/c1-6(14-30(20,21)22)13(19)29-9(4-15)10(5-26-31(23,24)25)28-11-3-7(16)2-8(27-11)12(17)18/h2,6-7,9-11,13-16,19H,3-5H2,1H3,(H,17,18)(H,20,21,22)(H,23,24,25)/t6-,7-,9?,10-,11-,13?/m0/s1. The first-order valence-corrected chi connectivity index (χ1v) is 11.2. The van der Waals surface area contributed by atoms with Gasteiger partial charge in [-0.1, -0.05) is 0 Å². The first-order valence-electron chi connectivity index (χ1n) is 8.37. The van der Waals surface area contributed by atoms with Crippen LogP contribution in [0.4, 0.5) is 0 Å².